The number of nitrogens with zero attached hydrogens (tertiary/aromatic N) is 3. The van der Waals surface area contributed by atoms with E-state index in [1.807, 2.05) is 0 Å². The normalized spacial score (nSPS) is 19.8. The number of rotatable bonds is 7. The van der Waals surface area contributed by atoms with E-state index in [4.69, 9.17) is 5.73 Å². The Morgan fingerprint density at radius 3 is 2.49 bits per heavy atom. The topological polar surface area (TPSA) is 99.0 Å². The maximum atomic E-state index is 13.4. The number of nitrogens with one attached hydrogen (secondary N) is 1. The van der Waals surface area contributed by atoms with Crippen molar-refractivity contribution in [3.8, 4) is 0 Å². The molecule has 0 saturated carbocycles. The van der Waals surface area contributed by atoms with Crippen molar-refractivity contribution in [2.75, 3.05) is 19.6 Å². The van der Waals surface area contributed by atoms with Crippen LogP contribution in [0.4, 0.5) is 22.4 Å². The number of nitrogens with two attached hydrogens (primary N) is 1. The highest BCUT2D eigenvalue weighted by atomic mass is 19.4. The fourth-order valence-corrected chi connectivity index (χ4v) is 5.17. The Labute approximate surface area is 223 Å². The number of halogens is 4. The summed E-state index contributed by atoms with van der Waals surface area (Å²) in [5.74, 6) is -0.944. The highest BCUT2D eigenvalue weighted by Gasteiger charge is 2.48. The monoisotopic (exact) mass is 549 g/mol. The molecule has 2 aromatic carbocycles. The van der Waals surface area contributed by atoms with Crippen molar-refractivity contribution in [3.63, 3.8) is 0 Å². The molecule has 8 nitrogen and oxygen atoms in total. The molecule has 2 atom stereocenters. The van der Waals surface area contributed by atoms with E-state index in [1.54, 1.807) is 30.0 Å². The second-order valence-electron chi connectivity index (χ2n) is 9.88. The number of piperazine rings is 1. The Balaban J connectivity index is 1.55. The van der Waals surface area contributed by atoms with Gasteiger partial charge in [-0.15, -0.1) is 0 Å². The molecule has 4 rings (SSSR count). The minimum atomic E-state index is -4.51. The van der Waals surface area contributed by atoms with E-state index in [9.17, 15) is 31.9 Å². The average Bonchev–Trinajstić information content (AvgIpc) is 2.88. The van der Waals surface area contributed by atoms with Crippen LogP contribution in [0, 0.1) is 12.7 Å². The Bertz CT molecular complexity index is 1220. The molecule has 0 radical (unpaired) electrons. The lowest BCUT2D eigenvalue weighted by Crippen LogP contribution is -2.71. The van der Waals surface area contributed by atoms with Gasteiger partial charge in [0.1, 0.15) is 18.0 Å². The van der Waals surface area contributed by atoms with Crippen molar-refractivity contribution in [2.45, 2.75) is 57.7 Å². The molecule has 4 amide bonds. The molecule has 0 unspecified atom stereocenters. The predicted octanol–water partition coefficient (Wildman–Crippen LogP) is 3.37. The maximum Gasteiger partial charge on any atom is 0.416 e. The van der Waals surface area contributed by atoms with E-state index < -0.39 is 35.8 Å². The minimum Gasteiger partial charge on any atom is -0.334 e. The van der Waals surface area contributed by atoms with E-state index in [2.05, 4.69) is 5.32 Å². The van der Waals surface area contributed by atoms with Gasteiger partial charge in [-0.25, -0.2) is 9.18 Å². The summed E-state index contributed by atoms with van der Waals surface area (Å²) in [6, 6.07) is 7.94. The molecule has 2 aromatic rings. The van der Waals surface area contributed by atoms with Crippen LogP contribution in [0.5, 0.6) is 0 Å². The van der Waals surface area contributed by atoms with E-state index in [0.717, 1.165) is 12.1 Å². The lowest BCUT2D eigenvalue weighted by atomic mass is 9.99. The first kappa shape index (κ1) is 28.3. The third kappa shape index (κ3) is 6.49. The molecule has 2 aliphatic rings. The second-order valence-corrected chi connectivity index (χ2v) is 9.88. The summed E-state index contributed by atoms with van der Waals surface area (Å²) >= 11 is 0. The zero-order valence-electron chi connectivity index (χ0n) is 21.5. The smallest absolute Gasteiger partial charge is 0.334 e. The lowest BCUT2D eigenvalue weighted by molar-refractivity contribution is -0.167. The van der Waals surface area contributed by atoms with Gasteiger partial charge in [-0.1, -0.05) is 23.8 Å². The fourth-order valence-electron chi connectivity index (χ4n) is 5.17. The van der Waals surface area contributed by atoms with E-state index in [0.29, 0.717) is 30.5 Å². The number of fused-ring (bicyclic) bond motifs is 1. The summed E-state index contributed by atoms with van der Waals surface area (Å²) in [5, 5.41) is 2.68. The first-order valence-corrected chi connectivity index (χ1v) is 12.7. The number of carbonyl (C=O) groups excluding carboxylic acids is 3. The van der Waals surface area contributed by atoms with Crippen molar-refractivity contribution in [2.24, 2.45) is 5.73 Å². The van der Waals surface area contributed by atoms with Gasteiger partial charge in [0.25, 0.3) is 0 Å². The molecule has 2 aliphatic heterocycles. The molecule has 39 heavy (non-hydrogen) atoms. The third-order valence-electron chi connectivity index (χ3n) is 6.99. The summed E-state index contributed by atoms with van der Waals surface area (Å²) in [4.78, 5) is 44.2. The first-order valence-electron chi connectivity index (χ1n) is 12.7. The van der Waals surface area contributed by atoms with Crippen molar-refractivity contribution >= 4 is 17.8 Å². The largest absolute Gasteiger partial charge is 0.416 e. The molecular weight excluding hydrogens is 518 g/mol. The van der Waals surface area contributed by atoms with Gasteiger partial charge in [0, 0.05) is 26.1 Å². The number of carbonyl (C=O) groups is 3. The van der Waals surface area contributed by atoms with Crippen molar-refractivity contribution < 1.29 is 31.9 Å². The van der Waals surface area contributed by atoms with Crippen LogP contribution in [0.2, 0.25) is 0 Å². The SMILES string of the molecule is Cc1cc(CNC(=O)N2CCC(=O)N3[C@@H]2CN(Cc2ccc(F)cc2)C(=O)[C@@H]3CCCN)cc(C(F)(F)F)c1. The fraction of sp³-hybridized carbons (Fsp3) is 0.444. The molecule has 2 saturated heterocycles. The number of urea groups is 1. The second kappa shape index (κ2) is 11.6. The van der Waals surface area contributed by atoms with E-state index in [-0.39, 0.29) is 50.0 Å². The van der Waals surface area contributed by atoms with E-state index in [1.165, 1.54) is 21.9 Å². The molecular formula is C27H31F4N5O3. The van der Waals surface area contributed by atoms with Gasteiger partial charge >= 0.3 is 12.2 Å². The predicted molar refractivity (Wildman–Crippen MR) is 134 cm³/mol. The van der Waals surface area contributed by atoms with Gasteiger partial charge in [0.15, 0.2) is 0 Å². The maximum absolute atomic E-state index is 13.4. The highest BCUT2D eigenvalue weighted by Crippen LogP contribution is 2.31. The van der Waals surface area contributed by atoms with Crippen molar-refractivity contribution in [1.29, 1.82) is 0 Å². The van der Waals surface area contributed by atoms with Crippen LogP contribution in [0.15, 0.2) is 42.5 Å². The van der Waals surface area contributed by atoms with E-state index >= 15 is 0 Å². The lowest BCUT2D eigenvalue weighted by Gasteiger charge is -2.52. The molecule has 2 heterocycles. The molecule has 12 heteroatoms. The summed E-state index contributed by atoms with van der Waals surface area (Å²) in [6.07, 6.45) is -4.47. The Kier molecular flexibility index (Phi) is 8.43. The van der Waals surface area contributed by atoms with Crippen LogP contribution in [0.1, 0.15) is 41.5 Å². The molecule has 0 spiro atoms. The number of aryl methyl sites for hydroxylation is 1. The van der Waals surface area contributed by atoms with Crippen LogP contribution in [0.25, 0.3) is 0 Å². The number of hydrogen-bond acceptors (Lipinski definition) is 4. The first-order chi connectivity index (χ1) is 18.5. The number of hydrogen-bond donors (Lipinski definition) is 2. The molecule has 0 aliphatic carbocycles. The highest BCUT2D eigenvalue weighted by molar-refractivity contribution is 5.91. The van der Waals surface area contributed by atoms with Crippen LogP contribution < -0.4 is 11.1 Å². The average molecular weight is 550 g/mol. The summed E-state index contributed by atoms with van der Waals surface area (Å²) < 4.78 is 53.1. The zero-order valence-corrected chi connectivity index (χ0v) is 21.5. The number of amides is 4. The van der Waals surface area contributed by atoms with Gasteiger partial charge in [-0.2, -0.15) is 13.2 Å². The van der Waals surface area contributed by atoms with Gasteiger partial charge in [0.2, 0.25) is 11.8 Å². The molecule has 0 aromatic heterocycles. The summed E-state index contributed by atoms with van der Waals surface area (Å²) in [5.41, 5.74) is 6.27. The third-order valence-corrected chi connectivity index (χ3v) is 6.99. The summed E-state index contributed by atoms with van der Waals surface area (Å²) in [7, 11) is 0. The molecule has 2 fully saturated rings. The van der Waals surface area contributed by atoms with Gasteiger partial charge < -0.3 is 25.8 Å². The quantitative estimate of drug-likeness (QED) is 0.518. The number of alkyl halides is 3. The van der Waals surface area contributed by atoms with Crippen LogP contribution in [-0.4, -0.2) is 64.4 Å². The standard InChI is InChI=1S/C27H31F4N5O3/c1-17-11-19(13-20(12-17)27(29,30)31)14-33-26(39)35-10-8-24(37)36-22(3-2-9-32)25(38)34(16-23(35)36)15-18-4-6-21(28)7-5-18/h4-7,11-13,22-23H,2-3,8-10,14-16,32H2,1H3,(H,33,39)/t22-,23+/m0/s1. The van der Waals surface area contributed by atoms with Crippen molar-refractivity contribution in [3.05, 3.63) is 70.5 Å². The summed E-state index contributed by atoms with van der Waals surface area (Å²) in [6.45, 7) is 2.01. The van der Waals surface area contributed by atoms with Crippen LogP contribution >= 0.6 is 0 Å². The number of benzene rings is 2. The van der Waals surface area contributed by atoms with Crippen LogP contribution in [0.3, 0.4) is 0 Å². The zero-order chi connectivity index (χ0) is 28.3. The minimum absolute atomic E-state index is 0.0109. The van der Waals surface area contributed by atoms with Crippen molar-refractivity contribution in [1.82, 2.24) is 20.0 Å². The Morgan fingerprint density at radius 2 is 1.82 bits per heavy atom. The Morgan fingerprint density at radius 1 is 1.10 bits per heavy atom. The van der Waals surface area contributed by atoms with Gasteiger partial charge in [0.05, 0.1) is 12.1 Å². The van der Waals surface area contributed by atoms with Gasteiger partial charge in [-0.3, -0.25) is 9.59 Å². The van der Waals surface area contributed by atoms with Gasteiger partial charge in [-0.05, 0) is 61.7 Å². The van der Waals surface area contributed by atoms with Crippen LogP contribution in [-0.2, 0) is 28.9 Å². The Hall–Kier alpha value is -3.67. The molecule has 0 bridgehead atoms. The molecule has 210 valence electrons. The molecule has 3 N–H and O–H groups in total.